The van der Waals surface area contributed by atoms with Gasteiger partial charge in [0.25, 0.3) is 0 Å². The van der Waals surface area contributed by atoms with Crippen molar-refractivity contribution in [3.05, 3.63) is 66.4 Å². The van der Waals surface area contributed by atoms with Crippen LogP contribution in [0.1, 0.15) is 5.56 Å². The molecule has 0 bridgehead atoms. The Balaban J connectivity index is 1.60. The summed E-state index contributed by atoms with van der Waals surface area (Å²) < 4.78 is 11.5. The highest BCUT2D eigenvalue weighted by Gasteiger charge is 2.02. The lowest BCUT2D eigenvalue weighted by atomic mass is 10.2. The first-order valence-corrected chi connectivity index (χ1v) is 6.99. The van der Waals surface area contributed by atoms with Crippen LogP contribution in [0.3, 0.4) is 0 Å². The van der Waals surface area contributed by atoms with Crippen LogP contribution in [-0.4, -0.2) is 18.2 Å². The third-order valence-electron chi connectivity index (χ3n) is 3.19. The minimum atomic E-state index is 0.490. The SMILES string of the molecule is Cc1cccc(OCCOc2cccc3cccnc23)c1. The molecule has 0 aliphatic carbocycles. The molecule has 3 rings (SSSR count). The molecule has 0 aliphatic rings. The first kappa shape index (κ1) is 13.4. The topological polar surface area (TPSA) is 31.4 Å². The van der Waals surface area contributed by atoms with Crippen LogP contribution in [0.25, 0.3) is 10.9 Å². The van der Waals surface area contributed by atoms with Crippen molar-refractivity contribution in [3.8, 4) is 11.5 Å². The molecule has 0 saturated heterocycles. The molecular weight excluding hydrogens is 262 g/mol. The fourth-order valence-corrected chi connectivity index (χ4v) is 2.21. The number of rotatable bonds is 5. The van der Waals surface area contributed by atoms with Gasteiger partial charge in [-0.1, -0.05) is 30.3 Å². The zero-order valence-electron chi connectivity index (χ0n) is 12.0. The number of hydrogen-bond acceptors (Lipinski definition) is 3. The summed E-state index contributed by atoms with van der Waals surface area (Å²) in [6.45, 7) is 3.04. The van der Waals surface area contributed by atoms with E-state index >= 15 is 0 Å². The average molecular weight is 279 g/mol. The molecule has 0 unspecified atom stereocenters. The molecule has 0 radical (unpaired) electrons. The van der Waals surface area contributed by atoms with Crippen LogP contribution >= 0.6 is 0 Å². The third-order valence-corrected chi connectivity index (χ3v) is 3.19. The van der Waals surface area contributed by atoms with Crippen molar-refractivity contribution in [2.24, 2.45) is 0 Å². The standard InChI is InChI=1S/C18H17NO2/c1-14-5-2-8-16(13-14)20-11-12-21-17-9-3-6-15-7-4-10-19-18(15)17/h2-10,13H,11-12H2,1H3. The molecule has 2 aromatic carbocycles. The molecule has 0 spiro atoms. The molecule has 21 heavy (non-hydrogen) atoms. The van der Waals surface area contributed by atoms with Gasteiger partial charge >= 0.3 is 0 Å². The van der Waals surface area contributed by atoms with Gasteiger partial charge in [-0.3, -0.25) is 4.98 Å². The highest BCUT2D eigenvalue weighted by molar-refractivity contribution is 5.84. The summed E-state index contributed by atoms with van der Waals surface area (Å²) in [5, 5.41) is 1.08. The van der Waals surface area contributed by atoms with Crippen LogP contribution < -0.4 is 9.47 Å². The van der Waals surface area contributed by atoms with E-state index in [0.717, 1.165) is 22.4 Å². The zero-order valence-corrected chi connectivity index (χ0v) is 12.0. The number of para-hydroxylation sites is 1. The van der Waals surface area contributed by atoms with Crippen LogP contribution in [0.15, 0.2) is 60.8 Å². The van der Waals surface area contributed by atoms with E-state index in [1.54, 1.807) is 6.20 Å². The van der Waals surface area contributed by atoms with E-state index in [1.807, 2.05) is 61.5 Å². The fourth-order valence-electron chi connectivity index (χ4n) is 2.21. The van der Waals surface area contributed by atoms with Gasteiger partial charge in [0.15, 0.2) is 0 Å². The van der Waals surface area contributed by atoms with E-state index in [1.165, 1.54) is 5.56 Å². The lowest BCUT2D eigenvalue weighted by Crippen LogP contribution is -2.09. The van der Waals surface area contributed by atoms with Crippen molar-refractivity contribution >= 4 is 10.9 Å². The van der Waals surface area contributed by atoms with Gasteiger partial charge in [-0.2, -0.15) is 0 Å². The van der Waals surface area contributed by atoms with Crippen molar-refractivity contribution in [3.63, 3.8) is 0 Å². The molecule has 0 atom stereocenters. The summed E-state index contributed by atoms with van der Waals surface area (Å²) in [6.07, 6.45) is 1.78. The quantitative estimate of drug-likeness (QED) is 0.661. The molecule has 0 N–H and O–H groups in total. The van der Waals surface area contributed by atoms with E-state index in [2.05, 4.69) is 4.98 Å². The molecule has 0 amide bonds. The fraction of sp³-hybridized carbons (Fsp3) is 0.167. The van der Waals surface area contributed by atoms with Gasteiger partial charge in [0.1, 0.15) is 30.2 Å². The zero-order chi connectivity index (χ0) is 14.5. The van der Waals surface area contributed by atoms with Gasteiger partial charge in [-0.15, -0.1) is 0 Å². The molecule has 106 valence electrons. The minimum Gasteiger partial charge on any atom is -0.490 e. The maximum atomic E-state index is 5.78. The lowest BCUT2D eigenvalue weighted by molar-refractivity contribution is 0.218. The van der Waals surface area contributed by atoms with Gasteiger partial charge in [-0.25, -0.2) is 0 Å². The van der Waals surface area contributed by atoms with E-state index in [9.17, 15) is 0 Å². The number of ether oxygens (including phenoxy) is 2. The predicted molar refractivity (Wildman–Crippen MR) is 83.9 cm³/mol. The van der Waals surface area contributed by atoms with Gasteiger partial charge in [0.2, 0.25) is 0 Å². The second-order valence-corrected chi connectivity index (χ2v) is 4.84. The maximum absolute atomic E-state index is 5.78. The average Bonchev–Trinajstić information content (AvgIpc) is 2.52. The van der Waals surface area contributed by atoms with Crippen LogP contribution in [0, 0.1) is 6.92 Å². The molecule has 0 saturated carbocycles. The van der Waals surface area contributed by atoms with E-state index < -0.39 is 0 Å². The van der Waals surface area contributed by atoms with Crippen LogP contribution in [-0.2, 0) is 0 Å². The first-order valence-electron chi connectivity index (χ1n) is 6.99. The normalized spacial score (nSPS) is 10.5. The highest BCUT2D eigenvalue weighted by atomic mass is 16.5. The molecule has 0 aliphatic heterocycles. The second-order valence-electron chi connectivity index (χ2n) is 4.84. The Morgan fingerprint density at radius 3 is 2.62 bits per heavy atom. The van der Waals surface area contributed by atoms with Crippen LogP contribution in [0.2, 0.25) is 0 Å². The number of nitrogens with zero attached hydrogens (tertiary/aromatic N) is 1. The lowest BCUT2D eigenvalue weighted by Gasteiger charge is -2.10. The summed E-state index contributed by atoms with van der Waals surface area (Å²) in [4.78, 5) is 4.36. The Hall–Kier alpha value is -2.55. The predicted octanol–water partition coefficient (Wildman–Crippen LogP) is 4.00. The molecule has 3 nitrogen and oxygen atoms in total. The van der Waals surface area contributed by atoms with Crippen molar-refractivity contribution in [1.29, 1.82) is 0 Å². The van der Waals surface area contributed by atoms with Crippen molar-refractivity contribution < 1.29 is 9.47 Å². The second kappa shape index (κ2) is 6.27. The number of hydrogen-bond donors (Lipinski definition) is 0. The van der Waals surface area contributed by atoms with Gasteiger partial charge in [-0.05, 0) is 36.8 Å². The Labute approximate surface area is 124 Å². The number of pyridine rings is 1. The molecule has 1 aromatic heterocycles. The Kier molecular flexibility index (Phi) is 4.01. The maximum Gasteiger partial charge on any atom is 0.145 e. The van der Waals surface area contributed by atoms with Gasteiger partial charge < -0.3 is 9.47 Å². The smallest absolute Gasteiger partial charge is 0.145 e. The Bertz CT molecular complexity index is 735. The molecular formula is C18H17NO2. The van der Waals surface area contributed by atoms with E-state index in [0.29, 0.717) is 13.2 Å². The Morgan fingerprint density at radius 2 is 1.71 bits per heavy atom. The number of fused-ring (bicyclic) bond motifs is 1. The van der Waals surface area contributed by atoms with Crippen molar-refractivity contribution in [2.45, 2.75) is 6.92 Å². The summed E-state index contributed by atoms with van der Waals surface area (Å²) in [5.41, 5.74) is 2.07. The summed E-state index contributed by atoms with van der Waals surface area (Å²) >= 11 is 0. The van der Waals surface area contributed by atoms with Gasteiger partial charge in [0, 0.05) is 11.6 Å². The number of aryl methyl sites for hydroxylation is 1. The highest BCUT2D eigenvalue weighted by Crippen LogP contribution is 2.22. The molecule has 1 heterocycles. The largest absolute Gasteiger partial charge is 0.490 e. The number of benzene rings is 2. The molecule has 0 fully saturated rings. The minimum absolute atomic E-state index is 0.490. The van der Waals surface area contributed by atoms with Crippen molar-refractivity contribution in [2.75, 3.05) is 13.2 Å². The van der Waals surface area contributed by atoms with Crippen LogP contribution in [0.4, 0.5) is 0 Å². The van der Waals surface area contributed by atoms with Gasteiger partial charge in [0.05, 0.1) is 0 Å². The molecule has 3 heteroatoms. The molecule has 3 aromatic rings. The number of aromatic nitrogens is 1. The summed E-state index contributed by atoms with van der Waals surface area (Å²) in [6, 6.07) is 17.9. The first-order chi connectivity index (χ1) is 10.3. The Morgan fingerprint density at radius 1 is 0.905 bits per heavy atom. The monoisotopic (exact) mass is 279 g/mol. The van der Waals surface area contributed by atoms with E-state index in [4.69, 9.17) is 9.47 Å². The third kappa shape index (κ3) is 3.31. The summed E-state index contributed by atoms with van der Waals surface area (Å²) in [7, 11) is 0. The summed E-state index contributed by atoms with van der Waals surface area (Å²) in [5.74, 6) is 1.66. The van der Waals surface area contributed by atoms with E-state index in [-0.39, 0.29) is 0 Å². The van der Waals surface area contributed by atoms with Crippen LogP contribution in [0.5, 0.6) is 11.5 Å². The van der Waals surface area contributed by atoms with Crippen molar-refractivity contribution in [1.82, 2.24) is 4.98 Å².